The molecule has 2 rings (SSSR count). The van der Waals surface area contributed by atoms with Gasteiger partial charge in [-0.1, -0.05) is 35.3 Å². The first kappa shape index (κ1) is 17.3. The quantitative estimate of drug-likeness (QED) is 0.827. The molecule has 0 unspecified atom stereocenters. The van der Waals surface area contributed by atoms with E-state index >= 15 is 0 Å². The van der Waals surface area contributed by atoms with E-state index in [0.717, 1.165) is 5.56 Å². The van der Waals surface area contributed by atoms with Gasteiger partial charge in [0, 0.05) is 10.0 Å². The molecule has 4 nitrogen and oxygen atoms in total. The number of carbonyl (C=O) groups is 2. The van der Waals surface area contributed by atoms with Crippen molar-refractivity contribution in [3.63, 3.8) is 0 Å². The molecule has 120 valence electrons. The lowest BCUT2D eigenvalue weighted by Crippen LogP contribution is -2.31. The Bertz CT molecular complexity index is 701. The van der Waals surface area contributed by atoms with Gasteiger partial charge in [0.25, 0.3) is 5.91 Å². The van der Waals surface area contributed by atoms with Crippen LogP contribution < -0.4 is 5.32 Å². The van der Waals surface area contributed by atoms with Crippen LogP contribution in [0.1, 0.15) is 28.9 Å². The standard InChI is InChI=1S/C17H15Cl2NO3/c1-11(13-3-2-4-15(19)9-13)20-16(21)10-23-17(22)12-5-7-14(18)8-6-12/h2-9,11H,10H2,1H3,(H,20,21)/t11-/m1/s1. The summed E-state index contributed by atoms with van der Waals surface area (Å²) in [6, 6.07) is 13.2. The fourth-order valence-electron chi connectivity index (χ4n) is 1.94. The summed E-state index contributed by atoms with van der Waals surface area (Å²) >= 11 is 11.7. The van der Waals surface area contributed by atoms with Gasteiger partial charge in [-0.25, -0.2) is 4.79 Å². The van der Waals surface area contributed by atoms with Gasteiger partial charge in [0.1, 0.15) is 0 Å². The van der Waals surface area contributed by atoms with Crippen molar-refractivity contribution in [3.8, 4) is 0 Å². The van der Waals surface area contributed by atoms with Crippen molar-refractivity contribution < 1.29 is 14.3 Å². The van der Waals surface area contributed by atoms with Crippen LogP contribution in [0.25, 0.3) is 0 Å². The maximum absolute atomic E-state index is 11.9. The number of rotatable bonds is 5. The Labute approximate surface area is 144 Å². The second kappa shape index (κ2) is 7.99. The predicted octanol–water partition coefficient (Wildman–Crippen LogP) is 4.03. The molecule has 1 N–H and O–H groups in total. The summed E-state index contributed by atoms with van der Waals surface area (Å²) in [6.07, 6.45) is 0. The minimum absolute atomic E-state index is 0.240. The van der Waals surface area contributed by atoms with E-state index in [1.807, 2.05) is 13.0 Å². The van der Waals surface area contributed by atoms with Crippen LogP contribution in [0.5, 0.6) is 0 Å². The lowest BCUT2D eigenvalue weighted by Gasteiger charge is -2.14. The van der Waals surface area contributed by atoms with Crippen LogP contribution in [0.2, 0.25) is 10.0 Å². The molecule has 1 amide bonds. The van der Waals surface area contributed by atoms with Gasteiger partial charge in [-0.15, -0.1) is 0 Å². The number of esters is 1. The van der Waals surface area contributed by atoms with Crippen LogP contribution in [-0.2, 0) is 9.53 Å². The molecule has 0 spiro atoms. The third-order valence-corrected chi connectivity index (χ3v) is 3.63. The van der Waals surface area contributed by atoms with Crippen molar-refractivity contribution in [2.24, 2.45) is 0 Å². The van der Waals surface area contributed by atoms with Crippen molar-refractivity contribution in [1.29, 1.82) is 0 Å². The average Bonchev–Trinajstić information content (AvgIpc) is 2.53. The van der Waals surface area contributed by atoms with E-state index in [1.165, 1.54) is 12.1 Å². The van der Waals surface area contributed by atoms with Crippen molar-refractivity contribution >= 4 is 35.1 Å². The van der Waals surface area contributed by atoms with Crippen molar-refractivity contribution in [1.82, 2.24) is 5.32 Å². The zero-order valence-electron chi connectivity index (χ0n) is 12.4. The van der Waals surface area contributed by atoms with Crippen LogP contribution in [0.15, 0.2) is 48.5 Å². The molecule has 2 aromatic rings. The molecule has 1 atom stereocenters. The Morgan fingerprint density at radius 1 is 1.09 bits per heavy atom. The van der Waals surface area contributed by atoms with E-state index in [1.54, 1.807) is 30.3 Å². The fraction of sp³-hybridized carbons (Fsp3) is 0.176. The Hall–Kier alpha value is -2.04. The Kier molecular flexibility index (Phi) is 6.02. The Balaban J connectivity index is 1.85. The van der Waals surface area contributed by atoms with Crippen molar-refractivity contribution in [3.05, 3.63) is 69.7 Å². The van der Waals surface area contributed by atoms with E-state index in [9.17, 15) is 9.59 Å². The zero-order valence-corrected chi connectivity index (χ0v) is 13.9. The predicted molar refractivity (Wildman–Crippen MR) is 89.7 cm³/mol. The van der Waals surface area contributed by atoms with Gasteiger partial charge in [0.2, 0.25) is 0 Å². The van der Waals surface area contributed by atoms with Gasteiger partial charge in [-0.2, -0.15) is 0 Å². The van der Waals surface area contributed by atoms with Gasteiger partial charge >= 0.3 is 5.97 Å². The number of ether oxygens (including phenoxy) is 1. The van der Waals surface area contributed by atoms with E-state index in [2.05, 4.69) is 5.32 Å². The molecule has 0 bridgehead atoms. The highest BCUT2D eigenvalue weighted by atomic mass is 35.5. The van der Waals surface area contributed by atoms with Crippen molar-refractivity contribution in [2.75, 3.05) is 6.61 Å². The molecule has 0 heterocycles. The highest BCUT2D eigenvalue weighted by Gasteiger charge is 2.13. The molecular formula is C17H15Cl2NO3. The van der Waals surface area contributed by atoms with Crippen LogP contribution in [0.3, 0.4) is 0 Å². The van der Waals surface area contributed by atoms with E-state index in [0.29, 0.717) is 15.6 Å². The smallest absolute Gasteiger partial charge is 0.338 e. The first-order chi connectivity index (χ1) is 11.0. The number of carbonyl (C=O) groups excluding carboxylic acids is 2. The maximum atomic E-state index is 11.9. The number of hydrogen-bond donors (Lipinski definition) is 1. The minimum atomic E-state index is -0.577. The largest absolute Gasteiger partial charge is 0.452 e. The molecule has 0 saturated heterocycles. The van der Waals surface area contributed by atoms with Gasteiger partial charge in [-0.3, -0.25) is 4.79 Å². The lowest BCUT2D eigenvalue weighted by molar-refractivity contribution is -0.124. The molecule has 0 aliphatic carbocycles. The van der Waals surface area contributed by atoms with Crippen molar-refractivity contribution in [2.45, 2.75) is 13.0 Å². The summed E-state index contributed by atoms with van der Waals surface area (Å²) in [5.41, 5.74) is 1.21. The summed E-state index contributed by atoms with van der Waals surface area (Å²) in [5, 5.41) is 3.86. The van der Waals surface area contributed by atoms with E-state index in [4.69, 9.17) is 27.9 Å². The molecular weight excluding hydrogens is 337 g/mol. The normalized spacial score (nSPS) is 11.6. The molecule has 0 aliphatic rings. The molecule has 23 heavy (non-hydrogen) atoms. The summed E-state index contributed by atoms with van der Waals surface area (Å²) in [4.78, 5) is 23.7. The highest BCUT2D eigenvalue weighted by molar-refractivity contribution is 6.30. The SMILES string of the molecule is C[C@@H](NC(=O)COC(=O)c1ccc(Cl)cc1)c1cccc(Cl)c1. The van der Waals surface area contributed by atoms with Gasteiger partial charge in [-0.05, 0) is 48.9 Å². The van der Waals surface area contributed by atoms with Crippen LogP contribution in [-0.4, -0.2) is 18.5 Å². The van der Waals surface area contributed by atoms with Gasteiger partial charge in [0.05, 0.1) is 11.6 Å². The zero-order chi connectivity index (χ0) is 16.8. The molecule has 6 heteroatoms. The van der Waals surface area contributed by atoms with Crippen LogP contribution in [0, 0.1) is 0 Å². The maximum Gasteiger partial charge on any atom is 0.338 e. The molecule has 0 aromatic heterocycles. The number of amides is 1. The summed E-state index contributed by atoms with van der Waals surface area (Å²) in [5.74, 6) is -0.966. The Morgan fingerprint density at radius 3 is 2.43 bits per heavy atom. The Morgan fingerprint density at radius 2 is 1.78 bits per heavy atom. The average molecular weight is 352 g/mol. The summed E-state index contributed by atoms with van der Waals surface area (Å²) in [6.45, 7) is 1.47. The first-order valence-corrected chi connectivity index (χ1v) is 7.69. The monoisotopic (exact) mass is 351 g/mol. The molecule has 0 aliphatic heterocycles. The topological polar surface area (TPSA) is 55.4 Å². The first-order valence-electron chi connectivity index (χ1n) is 6.93. The number of benzene rings is 2. The van der Waals surface area contributed by atoms with E-state index < -0.39 is 5.97 Å². The van der Waals surface area contributed by atoms with Gasteiger partial charge < -0.3 is 10.1 Å². The third-order valence-electron chi connectivity index (χ3n) is 3.14. The second-order valence-corrected chi connectivity index (χ2v) is 5.80. The summed E-state index contributed by atoms with van der Waals surface area (Å²) in [7, 11) is 0. The second-order valence-electron chi connectivity index (χ2n) is 4.93. The van der Waals surface area contributed by atoms with Crippen LogP contribution in [0.4, 0.5) is 0 Å². The van der Waals surface area contributed by atoms with E-state index in [-0.39, 0.29) is 18.6 Å². The van der Waals surface area contributed by atoms with Gasteiger partial charge in [0.15, 0.2) is 6.61 Å². The highest BCUT2D eigenvalue weighted by Crippen LogP contribution is 2.17. The number of nitrogens with one attached hydrogen (secondary N) is 1. The number of halogens is 2. The minimum Gasteiger partial charge on any atom is -0.452 e. The molecule has 0 saturated carbocycles. The molecule has 0 radical (unpaired) electrons. The summed E-state index contributed by atoms with van der Waals surface area (Å²) < 4.78 is 4.97. The van der Waals surface area contributed by atoms with Crippen LogP contribution >= 0.6 is 23.2 Å². The third kappa shape index (κ3) is 5.27. The lowest BCUT2D eigenvalue weighted by atomic mass is 10.1. The fourth-order valence-corrected chi connectivity index (χ4v) is 2.27. The molecule has 0 fully saturated rings. The number of hydrogen-bond acceptors (Lipinski definition) is 3. The molecule has 2 aromatic carbocycles.